The summed E-state index contributed by atoms with van der Waals surface area (Å²) in [4.78, 5) is 0. The Morgan fingerprint density at radius 2 is 1.68 bits per heavy atom. The minimum atomic E-state index is -0.245. The van der Waals surface area contributed by atoms with Gasteiger partial charge in [-0.15, -0.1) is 5.10 Å². The number of rotatable bonds is 3. The Labute approximate surface area is 110 Å². The van der Waals surface area contributed by atoms with E-state index in [0.29, 0.717) is 6.54 Å². The van der Waals surface area contributed by atoms with Crippen LogP contribution in [0.2, 0.25) is 0 Å². The maximum Gasteiger partial charge on any atom is 0.123 e. The van der Waals surface area contributed by atoms with Crippen molar-refractivity contribution in [2.75, 3.05) is 0 Å². The van der Waals surface area contributed by atoms with E-state index in [1.54, 1.807) is 18.3 Å². The summed E-state index contributed by atoms with van der Waals surface area (Å²) in [5.41, 5.74) is 2.93. The van der Waals surface area contributed by atoms with E-state index in [1.807, 2.05) is 35.0 Å². The Balaban J connectivity index is 1.92. The van der Waals surface area contributed by atoms with Gasteiger partial charge in [0.1, 0.15) is 5.82 Å². The van der Waals surface area contributed by atoms with Crippen LogP contribution in [0.15, 0.2) is 60.8 Å². The van der Waals surface area contributed by atoms with Crippen LogP contribution in [0.5, 0.6) is 0 Å². The second-order valence-electron chi connectivity index (χ2n) is 4.27. The van der Waals surface area contributed by atoms with E-state index in [1.165, 1.54) is 12.1 Å². The van der Waals surface area contributed by atoms with E-state index < -0.39 is 0 Å². The van der Waals surface area contributed by atoms with Crippen molar-refractivity contribution in [1.29, 1.82) is 0 Å². The monoisotopic (exact) mass is 253 g/mol. The molecule has 0 aliphatic rings. The second-order valence-corrected chi connectivity index (χ2v) is 4.27. The summed E-state index contributed by atoms with van der Waals surface area (Å²) in [6, 6.07) is 16.4. The van der Waals surface area contributed by atoms with Gasteiger partial charge in [0, 0.05) is 5.56 Å². The molecular formula is C15H12FN3. The Morgan fingerprint density at radius 1 is 0.947 bits per heavy atom. The molecule has 3 nitrogen and oxygen atoms in total. The molecule has 3 aromatic rings. The summed E-state index contributed by atoms with van der Waals surface area (Å²) in [7, 11) is 0. The normalized spacial score (nSPS) is 10.6. The Morgan fingerprint density at radius 3 is 2.42 bits per heavy atom. The molecule has 2 aromatic carbocycles. The molecule has 0 bridgehead atoms. The van der Waals surface area contributed by atoms with Crippen molar-refractivity contribution in [2.45, 2.75) is 6.54 Å². The smallest absolute Gasteiger partial charge is 0.123 e. The lowest BCUT2D eigenvalue weighted by Crippen LogP contribution is -2.03. The van der Waals surface area contributed by atoms with Gasteiger partial charge in [-0.05, 0) is 29.8 Å². The summed E-state index contributed by atoms with van der Waals surface area (Å²) in [5, 5.41) is 8.02. The zero-order valence-corrected chi connectivity index (χ0v) is 10.2. The van der Waals surface area contributed by atoms with Crippen LogP contribution < -0.4 is 0 Å². The number of nitrogens with zero attached hydrogens (tertiary/aromatic N) is 3. The fraction of sp³-hybridized carbons (Fsp3) is 0.0667. The van der Waals surface area contributed by atoms with Crippen molar-refractivity contribution in [3.8, 4) is 11.3 Å². The molecule has 0 unspecified atom stereocenters. The van der Waals surface area contributed by atoms with Gasteiger partial charge in [0.25, 0.3) is 0 Å². The number of hydrogen-bond donors (Lipinski definition) is 0. The third-order valence-corrected chi connectivity index (χ3v) is 2.93. The number of aromatic nitrogens is 3. The standard InChI is InChI=1S/C15H12FN3/c16-14-8-6-13(7-9-14)15-10-17-18-19(15)11-12-4-2-1-3-5-12/h1-10H,11H2. The minimum absolute atomic E-state index is 0.245. The number of benzene rings is 2. The summed E-state index contributed by atoms with van der Waals surface area (Å²) in [6.07, 6.45) is 1.69. The predicted molar refractivity (Wildman–Crippen MR) is 71.0 cm³/mol. The van der Waals surface area contributed by atoms with Crippen molar-refractivity contribution in [1.82, 2.24) is 15.0 Å². The third kappa shape index (κ3) is 2.52. The lowest BCUT2D eigenvalue weighted by atomic mass is 10.1. The van der Waals surface area contributed by atoms with Crippen LogP contribution in [0, 0.1) is 5.82 Å². The molecule has 0 fully saturated rings. The van der Waals surface area contributed by atoms with E-state index >= 15 is 0 Å². The molecule has 0 atom stereocenters. The van der Waals surface area contributed by atoms with Gasteiger partial charge in [-0.3, -0.25) is 0 Å². The molecule has 0 spiro atoms. The fourth-order valence-electron chi connectivity index (χ4n) is 1.98. The van der Waals surface area contributed by atoms with E-state index in [4.69, 9.17) is 0 Å². The van der Waals surface area contributed by atoms with Crippen molar-refractivity contribution >= 4 is 0 Å². The molecule has 1 aromatic heterocycles. The van der Waals surface area contributed by atoms with Crippen molar-refractivity contribution in [3.05, 3.63) is 72.2 Å². The van der Waals surface area contributed by atoms with Crippen LogP contribution in [0.4, 0.5) is 4.39 Å². The molecule has 19 heavy (non-hydrogen) atoms. The first-order valence-electron chi connectivity index (χ1n) is 6.01. The molecule has 4 heteroatoms. The summed E-state index contributed by atoms with van der Waals surface area (Å²) in [6.45, 7) is 0.646. The second kappa shape index (κ2) is 5.02. The van der Waals surface area contributed by atoms with E-state index in [9.17, 15) is 4.39 Å². The first kappa shape index (κ1) is 11.6. The average molecular weight is 253 g/mol. The summed E-state index contributed by atoms with van der Waals surface area (Å²) >= 11 is 0. The molecule has 0 saturated carbocycles. The Hall–Kier alpha value is -2.49. The zero-order valence-electron chi connectivity index (χ0n) is 10.2. The average Bonchev–Trinajstić information content (AvgIpc) is 2.89. The largest absolute Gasteiger partial charge is 0.240 e. The van der Waals surface area contributed by atoms with Crippen LogP contribution >= 0.6 is 0 Å². The highest BCUT2D eigenvalue weighted by molar-refractivity contribution is 5.58. The van der Waals surface area contributed by atoms with Crippen LogP contribution in [0.1, 0.15) is 5.56 Å². The Kier molecular flexibility index (Phi) is 3.06. The number of hydrogen-bond acceptors (Lipinski definition) is 2. The van der Waals surface area contributed by atoms with Crippen LogP contribution in [0.25, 0.3) is 11.3 Å². The van der Waals surface area contributed by atoms with Gasteiger partial charge < -0.3 is 0 Å². The maximum absolute atomic E-state index is 12.9. The van der Waals surface area contributed by atoms with Gasteiger partial charge in [0.15, 0.2) is 0 Å². The first-order valence-corrected chi connectivity index (χ1v) is 6.01. The molecule has 1 heterocycles. The molecule has 0 radical (unpaired) electrons. The van der Waals surface area contributed by atoms with Gasteiger partial charge in [-0.2, -0.15) is 0 Å². The zero-order chi connectivity index (χ0) is 13.1. The van der Waals surface area contributed by atoms with Crippen molar-refractivity contribution in [3.63, 3.8) is 0 Å². The van der Waals surface area contributed by atoms with Crippen molar-refractivity contribution in [2.24, 2.45) is 0 Å². The van der Waals surface area contributed by atoms with Gasteiger partial charge in [0.2, 0.25) is 0 Å². The molecular weight excluding hydrogens is 241 g/mol. The molecule has 0 aliphatic carbocycles. The number of halogens is 1. The molecule has 0 saturated heterocycles. The molecule has 3 rings (SSSR count). The fourth-order valence-corrected chi connectivity index (χ4v) is 1.98. The highest BCUT2D eigenvalue weighted by Gasteiger charge is 2.07. The van der Waals surface area contributed by atoms with Gasteiger partial charge in [-0.25, -0.2) is 9.07 Å². The van der Waals surface area contributed by atoms with Gasteiger partial charge in [0.05, 0.1) is 18.4 Å². The Bertz CT molecular complexity index is 659. The van der Waals surface area contributed by atoms with E-state index in [2.05, 4.69) is 10.3 Å². The summed E-state index contributed by atoms with van der Waals surface area (Å²) in [5.74, 6) is -0.245. The topological polar surface area (TPSA) is 30.7 Å². The predicted octanol–water partition coefficient (Wildman–Crippen LogP) is 3.13. The quantitative estimate of drug-likeness (QED) is 0.718. The van der Waals surface area contributed by atoms with E-state index in [0.717, 1.165) is 16.8 Å². The third-order valence-electron chi connectivity index (χ3n) is 2.93. The SMILES string of the molecule is Fc1ccc(-c2cnnn2Cc2ccccc2)cc1. The molecule has 0 amide bonds. The van der Waals surface area contributed by atoms with Crippen LogP contribution in [-0.4, -0.2) is 15.0 Å². The molecule has 0 N–H and O–H groups in total. The van der Waals surface area contributed by atoms with E-state index in [-0.39, 0.29) is 5.82 Å². The first-order chi connectivity index (χ1) is 9.33. The molecule has 94 valence electrons. The van der Waals surface area contributed by atoms with Crippen molar-refractivity contribution < 1.29 is 4.39 Å². The van der Waals surface area contributed by atoms with Crippen LogP contribution in [-0.2, 0) is 6.54 Å². The van der Waals surface area contributed by atoms with Crippen LogP contribution in [0.3, 0.4) is 0 Å². The molecule has 0 aliphatic heterocycles. The minimum Gasteiger partial charge on any atom is -0.240 e. The van der Waals surface area contributed by atoms with Gasteiger partial charge >= 0.3 is 0 Å². The summed E-state index contributed by atoms with van der Waals surface area (Å²) < 4.78 is 14.7. The van der Waals surface area contributed by atoms with Gasteiger partial charge in [-0.1, -0.05) is 35.5 Å². The maximum atomic E-state index is 12.9. The highest BCUT2D eigenvalue weighted by atomic mass is 19.1. The lowest BCUT2D eigenvalue weighted by Gasteiger charge is -2.06. The lowest BCUT2D eigenvalue weighted by molar-refractivity contribution is 0.627. The highest BCUT2D eigenvalue weighted by Crippen LogP contribution is 2.19.